The number of para-hydroxylation sites is 1. The fraction of sp³-hybridized carbons (Fsp3) is 0.286. The molecule has 0 saturated heterocycles. The zero-order chi connectivity index (χ0) is 20.8. The van der Waals surface area contributed by atoms with Crippen LogP contribution < -0.4 is 15.0 Å². The van der Waals surface area contributed by atoms with Crippen LogP contribution in [0.1, 0.15) is 11.1 Å². The number of hydrogen-bond donors (Lipinski definition) is 2. The summed E-state index contributed by atoms with van der Waals surface area (Å²) in [5.41, 5.74) is 2.19. The van der Waals surface area contributed by atoms with E-state index in [1.54, 1.807) is 36.4 Å². The lowest BCUT2D eigenvalue weighted by molar-refractivity contribution is -0.139. The molecule has 2 N–H and O–H groups in total. The van der Waals surface area contributed by atoms with Crippen LogP contribution in [0.3, 0.4) is 0 Å². The van der Waals surface area contributed by atoms with Crippen LogP contribution in [0.2, 0.25) is 0 Å². The van der Waals surface area contributed by atoms with E-state index in [-0.39, 0.29) is 31.4 Å². The van der Waals surface area contributed by atoms with E-state index in [0.717, 1.165) is 16.0 Å². The summed E-state index contributed by atoms with van der Waals surface area (Å²) in [7, 11) is 1.34. The Kier molecular flexibility index (Phi) is 6.33. The Balaban J connectivity index is 1.48. The first-order chi connectivity index (χ1) is 14.0. The fourth-order valence-electron chi connectivity index (χ4n) is 3.24. The number of ether oxygens (including phenoxy) is 2. The number of carbonyl (C=O) groups excluding carboxylic acids is 2. The normalized spacial score (nSPS) is 14.8. The molecule has 0 aliphatic carbocycles. The Hall–Kier alpha value is -3.55. The molecular formula is C21H22N2O6. The number of fused-ring (bicyclic) bond motifs is 1. The first kappa shape index (κ1) is 20.2. The van der Waals surface area contributed by atoms with Gasteiger partial charge in [0.1, 0.15) is 18.4 Å². The van der Waals surface area contributed by atoms with Gasteiger partial charge in [-0.15, -0.1) is 0 Å². The largest absolute Gasteiger partial charge is 0.492 e. The molecule has 0 bridgehead atoms. The topological polar surface area (TPSA) is 105 Å². The summed E-state index contributed by atoms with van der Waals surface area (Å²) >= 11 is 0. The molecule has 0 spiro atoms. The molecule has 0 saturated carbocycles. The van der Waals surface area contributed by atoms with Crippen molar-refractivity contribution in [2.75, 3.05) is 25.2 Å². The van der Waals surface area contributed by atoms with E-state index >= 15 is 0 Å². The van der Waals surface area contributed by atoms with Crippen LogP contribution in [-0.2, 0) is 27.2 Å². The summed E-state index contributed by atoms with van der Waals surface area (Å²) in [6.45, 7) is 0.470. The quantitative estimate of drug-likeness (QED) is 0.546. The summed E-state index contributed by atoms with van der Waals surface area (Å²) < 4.78 is 10.2. The van der Waals surface area contributed by atoms with Gasteiger partial charge in [0.05, 0.1) is 25.8 Å². The second-order valence-electron chi connectivity index (χ2n) is 6.54. The molecule has 0 fully saturated rings. The number of nitrogens with zero attached hydrogens (tertiary/aromatic N) is 1. The molecule has 1 aliphatic heterocycles. The van der Waals surface area contributed by atoms with Crippen LogP contribution in [0.5, 0.6) is 5.75 Å². The lowest BCUT2D eigenvalue weighted by Gasteiger charge is -2.21. The molecule has 3 rings (SSSR count). The van der Waals surface area contributed by atoms with Crippen LogP contribution in [0.25, 0.3) is 0 Å². The van der Waals surface area contributed by atoms with E-state index in [1.807, 2.05) is 12.1 Å². The molecule has 2 amide bonds. The van der Waals surface area contributed by atoms with E-state index in [0.29, 0.717) is 17.9 Å². The third-order valence-electron chi connectivity index (χ3n) is 4.65. The Morgan fingerprint density at radius 3 is 2.55 bits per heavy atom. The maximum absolute atomic E-state index is 12.5. The minimum atomic E-state index is -1.15. The summed E-state index contributed by atoms with van der Waals surface area (Å²) in [5, 5.41) is 12.2. The predicted octanol–water partition coefficient (Wildman–Crippen LogP) is 2.01. The monoisotopic (exact) mass is 398 g/mol. The second-order valence-corrected chi connectivity index (χ2v) is 6.54. The van der Waals surface area contributed by atoms with Crippen molar-refractivity contribution in [2.45, 2.75) is 18.9 Å². The molecule has 1 heterocycles. The van der Waals surface area contributed by atoms with Crippen LogP contribution in [0.15, 0.2) is 48.5 Å². The number of carboxylic acid groups (broad SMARTS) is 1. The van der Waals surface area contributed by atoms with Gasteiger partial charge in [0, 0.05) is 6.42 Å². The molecule has 0 aromatic heterocycles. The molecular weight excluding hydrogens is 376 g/mol. The summed E-state index contributed by atoms with van der Waals surface area (Å²) in [5.74, 6) is -0.0697. The molecule has 0 radical (unpaired) electrons. The summed E-state index contributed by atoms with van der Waals surface area (Å²) in [4.78, 5) is 36.5. The summed E-state index contributed by atoms with van der Waals surface area (Å²) in [6, 6.07) is 13.3. The van der Waals surface area contributed by atoms with Gasteiger partial charge >= 0.3 is 12.1 Å². The molecule has 152 valence electrons. The molecule has 1 atom stereocenters. The fourth-order valence-corrected chi connectivity index (χ4v) is 3.24. The third kappa shape index (κ3) is 4.84. The lowest BCUT2D eigenvalue weighted by Crippen LogP contribution is -2.48. The highest BCUT2D eigenvalue weighted by Gasteiger charge is 2.38. The minimum Gasteiger partial charge on any atom is -0.492 e. The average molecular weight is 398 g/mol. The van der Waals surface area contributed by atoms with Crippen LogP contribution in [0, 0.1) is 0 Å². The van der Waals surface area contributed by atoms with Crippen LogP contribution in [-0.4, -0.2) is 49.4 Å². The highest BCUT2D eigenvalue weighted by molar-refractivity contribution is 5.99. The Morgan fingerprint density at radius 1 is 1.14 bits per heavy atom. The number of benzene rings is 2. The molecule has 0 unspecified atom stereocenters. The van der Waals surface area contributed by atoms with Crippen LogP contribution in [0.4, 0.5) is 10.5 Å². The number of hydrogen-bond acceptors (Lipinski definition) is 5. The zero-order valence-electron chi connectivity index (χ0n) is 16.0. The van der Waals surface area contributed by atoms with Crippen molar-refractivity contribution in [3.8, 4) is 5.75 Å². The van der Waals surface area contributed by atoms with Gasteiger partial charge in [-0.2, -0.15) is 0 Å². The van der Waals surface area contributed by atoms with Crippen molar-refractivity contribution in [3.05, 3.63) is 59.7 Å². The number of anilines is 1. The van der Waals surface area contributed by atoms with Crippen molar-refractivity contribution in [3.63, 3.8) is 0 Å². The van der Waals surface area contributed by atoms with Crippen molar-refractivity contribution in [1.29, 1.82) is 0 Å². The molecule has 2 aromatic rings. The van der Waals surface area contributed by atoms with Gasteiger partial charge in [-0.3, -0.25) is 14.5 Å². The highest BCUT2D eigenvalue weighted by Crippen LogP contribution is 2.32. The number of carbonyl (C=O) groups is 3. The molecule has 1 aliphatic rings. The number of rotatable bonds is 7. The Morgan fingerprint density at radius 2 is 1.86 bits per heavy atom. The summed E-state index contributed by atoms with van der Waals surface area (Å²) in [6.07, 6.45) is -0.619. The van der Waals surface area contributed by atoms with E-state index < -0.39 is 12.1 Å². The van der Waals surface area contributed by atoms with Gasteiger partial charge in [-0.25, -0.2) is 4.79 Å². The molecule has 8 heteroatoms. The van der Waals surface area contributed by atoms with Gasteiger partial charge in [-0.05, 0) is 29.3 Å². The first-order valence-electron chi connectivity index (χ1n) is 9.16. The highest BCUT2D eigenvalue weighted by atomic mass is 16.5. The number of amides is 2. The SMILES string of the molecule is COC(=O)Cc1ccc(OCCNC(=O)[C@@H]2Cc3ccccc3N2C(=O)O)cc1. The molecule has 2 aromatic carbocycles. The van der Waals surface area contributed by atoms with Gasteiger partial charge in [0.15, 0.2) is 0 Å². The van der Waals surface area contributed by atoms with Gasteiger partial charge in [0.25, 0.3) is 0 Å². The van der Waals surface area contributed by atoms with Crippen molar-refractivity contribution in [2.24, 2.45) is 0 Å². The van der Waals surface area contributed by atoms with E-state index in [9.17, 15) is 19.5 Å². The van der Waals surface area contributed by atoms with Gasteiger partial charge in [-0.1, -0.05) is 30.3 Å². The number of nitrogens with one attached hydrogen (secondary N) is 1. The van der Waals surface area contributed by atoms with E-state index in [1.165, 1.54) is 7.11 Å². The minimum absolute atomic E-state index is 0.191. The molecule has 29 heavy (non-hydrogen) atoms. The average Bonchev–Trinajstić information content (AvgIpc) is 3.12. The Labute approximate surface area is 168 Å². The second kappa shape index (κ2) is 9.09. The number of esters is 1. The van der Waals surface area contributed by atoms with Crippen molar-refractivity contribution < 1.29 is 29.0 Å². The van der Waals surface area contributed by atoms with E-state index in [4.69, 9.17) is 4.74 Å². The zero-order valence-corrected chi connectivity index (χ0v) is 16.0. The standard InChI is InChI=1S/C21H22N2O6/c1-28-19(24)12-14-6-8-16(9-7-14)29-11-10-22-20(25)18-13-15-4-2-3-5-17(15)23(18)21(26)27/h2-9,18H,10-13H2,1H3,(H,22,25)(H,26,27)/t18-/m0/s1. The Bertz CT molecular complexity index is 896. The third-order valence-corrected chi connectivity index (χ3v) is 4.65. The van der Waals surface area contributed by atoms with Gasteiger partial charge in [0.2, 0.25) is 5.91 Å². The van der Waals surface area contributed by atoms with Crippen molar-refractivity contribution in [1.82, 2.24) is 5.32 Å². The predicted molar refractivity (Wildman–Crippen MR) is 105 cm³/mol. The first-order valence-corrected chi connectivity index (χ1v) is 9.16. The smallest absolute Gasteiger partial charge is 0.412 e. The van der Waals surface area contributed by atoms with E-state index in [2.05, 4.69) is 10.1 Å². The van der Waals surface area contributed by atoms with Gasteiger partial charge < -0.3 is 19.9 Å². The lowest BCUT2D eigenvalue weighted by atomic mass is 10.1. The number of methoxy groups -OCH3 is 1. The molecule has 8 nitrogen and oxygen atoms in total. The van der Waals surface area contributed by atoms with Crippen LogP contribution >= 0.6 is 0 Å². The van der Waals surface area contributed by atoms with Crippen molar-refractivity contribution >= 4 is 23.7 Å². The maximum atomic E-state index is 12.5. The maximum Gasteiger partial charge on any atom is 0.412 e.